The summed E-state index contributed by atoms with van der Waals surface area (Å²) >= 11 is 0. The van der Waals surface area contributed by atoms with E-state index >= 15 is 0 Å². The third kappa shape index (κ3) is 3.03. The fourth-order valence-electron chi connectivity index (χ4n) is 3.84. The van der Waals surface area contributed by atoms with Crippen molar-refractivity contribution in [1.29, 1.82) is 0 Å². The standard InChI is InChI=1S/C19H18O5S/c20-16-9-5-12-3-1-2-4-13-6-7-14-8-10-17(24-25(21,22)23)19(18(13)14)15(16)11-12/h2,4-5,8-11,13,20H,1,3,6-7H2,(H,21,22,23). The van der Waals surface area contributed by atoms with Crippen LogP contribution >= 0.6 is 0 Å². The highest BCUT2D eigenvalue weighted by molar-refractivity contribution is 7.81. The molecule has 0 radical (unpaired) electrons. The minimum Gasteiger partial charge on any atom is -0.507 e. The number of hydrogen-bond acceptors (Lipinski definition) is 4. The normalized spacial score (nSPS) is 18.7. The number of allylic oxidation sites excluding steroid dienone is 2. The van der Waals surface area contributed by atoms with Gasteiger partial charge in [0, 0.05) is 17.0 Å². The summed E-state index contributed by atoms with van der Waals surface area (Å²) in [5.74, 6) is 0.234. The third-order valence-corrected chi connectivity index (χ3v) is 5.28. The van der Waals surface area contributed by atoms with Crippen molar-refractivity contribution in [3.05, 3.63) is 59.2 Å². The van der Waals surface area contributed by atoms with E-state index in [1.165, 1.54) is 0 Å². The minimum absolute atomic E-state index is 0.0366. The molecule has 0 saturated carbocycles. The van der Waals surface area contributed by atoms with E-state index in [1.54, 1.807) is 12.1 Å². The zero-order valence-corrected chi connectivity index (χ0v) is 14.3. The first-order chi connectivity index (χ1) is 11.9. The summed E-state index contributed by atoms with van der Waals surface area (Å²) in [5.41, 5.74) is 4.20. The summed E-state index contributed by atoms with van der Waals surface area (Å²) in [6.45, 7) is 0. The van der Waals surface area contributed by atoms with Gasteiger partial charge in [-0.15, -0.1) is 0 Å². The maximum Gasteiger partial charge on any atom is 0.446 e. The van der Waals surface area contributed by atoms with Crippen molar-refractivity contribution in [2.45, 2.75) is 31.6 Å². The van der Waals surface area contributed by atoms with Gasteiger partial charge in [-0.1, -0.05) is 24.3 Å². The van der Waals surface area contributed by atoms with E-state index in [2.05, 4.69) is 12.2 Å². The van der Waals surface area contributed by atoms with E-state index in [-0.39, 0.29) is 17.4 Å². The van der Waals surface area contributed by atoms with Gasteiger partial charge in [-0.25, -0.2) is 0 Å². The zero-order chi connectivity index (χ0) is 17.6. The molecule has 2 aromatic rings. The number of hydrogen-bond donors (Lipinski definition) is 2. The molecule has 0 amide bonds. The van der Waals surface area contributed by atoms with Crippen LogP contribution in [0.1, 0.15) is 35.4 Å². The van der Waals surface area contributed by atoms with Crippen LogP contribution in [0, 0.1) is 0 Å². The zero-order valence-electron chi connectivity index (χ0n) is 13.5. The molecule has 130 valence electrons. The summed E-state index contributed by atoms with van der Waals surface area (Å²) in [6, 6.07) is 8.73. The highest BCUT2D eigenvalue weighted by Gasteiger charge is 2.29. The lowest BCUT2D eigenvalue weighted by atomic mass is 9.88. The number of aryl methyl sites for hydroxylation is 2. The maximum atomic E-state index is 11.3. The molecule has 0 fully saturated rings. The van der Waals surface area contributed by atoms with E-state index < -0.39 is 10.4 Å². The highest BCUT2D eigenvalue weighted by atomic mass is 32.3. The minimum atomic E-state index is -4.66. The molecule has 1 unspecified atom stereocenters. The van der Waals surface area contributed by atoms with Gasteiger partial charge in [-0.2, -0.15) is 8.42 Å². The van der Waals surface area contributed by atoms with Gasteiger partial charge in [0.1, 0.15) is 5.75 Å². The lowest BCUT2D eigenvalue weighted by Crippen LogP contribution is -2.09. The summed E-state index contributed by atoms with van der Waals surface area (Å²) in [4.78, 5) is 0. The van der Waals surface area contributed by atoms with Gasteiger partial charge >= 0.3 is 10.4 Å². The van der Waals surface area contributed by atoms with Crippen molar-refractivity contribution >= 4 is 10.4 Å². The molecule has 25 heavy (non-hydrogen) atoms. The molecule has 0 heterocycles. The van der Waals surface area contributed by atoms with Crippen molar-refractivity contribution in [3.63, 3.8) is 0 Å². The van der Waals surface area contributed by atoms with Crippen LogP contribution in [0.4, 0.5) is 0 Å². The fourth-order valence-corrected chi connectivity index (χ4v) is 4.21. The molecular formula is C19H18O5S. The number of fused-ring (bicyclic) bond motifs is 3. The molecule has 2 N–H and O–H groups in total. The highest BCUT2D eigenvalue weighted by Crippen LogP contribution is 2.48. The van der Waals surface area contributed by atoms with Crippen LogP contribution in [0.3, 0.4) is 0 Å². The van der Waals surface area contributed by atoms with Crippen molar-refractivity contribution in [1.82, 2.24) is 0 Å². The summed E-state index contributed by atoms with van der Waals surface area (Å²) in [7, 11) is -4.66. The Morgan fingerprint density at radius 3 is 2.76 bits per heavy atom. The van der Waals surface area contributed by atoms with Crippen LogP contribution in [0.15, 0.2) is 42.5 Å². The van der Waals surface area contributed by atoms with Crippen LogP contribution in [0.25, 0.3) is 11.1 Å². The van der Waals surface area contributed by atoms with E-state index in [4.69, 9.17) is 8.74 Å². The van der Waals surface area contributed by atoms with Crippen molar-refractivity contribution in [3.8, 4) is 22.6 Å². The Labute approximate surface area is 146 Å². The van der Waals surface area contributed by atoms with Crippen LogP contribution in [-0.4, -0.2) is 18.1 Å². The van der Waals surface area contributed by atoms with Crippen molar-refractivity contribution < 1.29 is 22.3 Å². The number of aromatic hydroxyl groups is 1. The molecule has 0 spiro atoms. The van der Waals surface area contributed by atoms with Gasteiger partial charge in [-0.05, 0) is 60.6 Å². The first-order valence-corrected chi connectivity index (χ1v) is 9.60. The Morgan fingerprint density at radius 1 is 1.12 bits per heavy atom. The average Bonchev–Trinajstić information content (AvgIpc) is 2.95. The van der Waals surface area contributed by atoms with Crippen molar-refractivity contribution in [2.75, 3.05) is 0 Å². The predicted octanol–water partition coefficient (Wildman–Crippen LogP) is 3.77. The molecule has 0 aliphatic heterocycles. The second kappa shape index (κ2) is 5.89. The average molecular weight is 358 g/mol. The molecule has 6 heteroatoms. The molecule has 0 aromatic heterocycles. The van der Waals surface area contributed by atoms with Crippen LogP contribution in [-0.2, 0) is 23.2 Å². The monoisotopic (exact) mass is 358 g/mol. The summed E-state index contributed by atoms with van der Waals surface area (Å²) < 4.78 is 36.6. The lowest BCUT2D eigenvalue weighted by molar-refractivity contribution is 0.387. The quantitative estimate of drug-likeness (QED) is 0.631. The first kappa shape index (κ1) is 16.2. The van der Waals surface area contributed by atoms with Gasteiger partial charge in [0.2, 0.25) is 0 Å². The molecule has 4 rings (SSSR count). The maximum absolute atomic E-state index is 11.3. The lowest BCUT2D eigenvalue weighted by Gasteiger charge is -2.19. The molecule has 0 saturated heterocycles. The molecule has 2 aliphatic carbocycles. The van der Waals surface area contributed by atoms with Gasteiger partial charge in [0.05, 0.1) is 0 Å². The largest absolute Gasteiger partial charge is 0.507 e. The fraction of sp³-hybridized carbons (Fsp3) is 0.263. The second-order valence-electron chi connectivity index (χ2n) is 6.49. The Kier molecular flexibility index (Phi) is 3.81. The first-order valence-electron chi connectivity index (χ1n) is 8.24. The topological polar surface area (TPSA) is 83.8 Å². The molecule has 1 atom stereocenters. The predicted molar refractivity (Wildman–Crippen MR) is 94.2 cm³/mol. The number of rotatable bonds is 2. The van der Waals surface area contributed by atoms with E-state index in [9.17, 15) is 13.5 Å². The Bertz CT molecular complexity index is 976. The molecule has 2 aliphatic rings. The molecule has 2 bridgehead atoms. The second-order valence-corrected chi connectivity index (χ2v) is 7.51. The third-order valence-electron chi connectivity index (χ3n) is 4.89. The Balaban J connectivity index is 2.05. The van der Waals surface area contributed by atoms with Crippen LogP contribution in [0.2, 0.25) is 0 Å². The number of phenolic OH excluding ortho intramolecular Hbond substituents is 1. The van der Waals surface area contributed by atoms with Gasteiger partial charge in [0.25, 0.3) is 0 Å². The molecule has 5 nitrogen and oxygen atoms in total. The van der Waals surface area contributed by atoms with Gasteiger partial charge in [0.15, 0.2) is 5.75 Å². The van der Waals surface area contributed by atoms with E-state index in [0.29, 0.717) is 11.1 Å². The Morgan fingerprint density at radius 2 is 1.96 bits per heavy atom. The molecule has 2 aromatic carbocycles. The molecular weight excluding hydrogens is 340 g/mol. The van der Waals surface area contributed by atoms with E-state index in [1.807, 2.05) is 18.2 Å². The van der Waals surface area contributed by atoms with Crippen molar-refractivity contribution in [2.24, 2.45) is 0 Å². The summed E-state index contributed by atoms with van der Waals surface area (Å²) in [5, 5.41) is 10.4. The Hall–Kier alpha value is -2.31. The van der Waals surface area contributed by atoms with E-state index in [0.717, 1.165) is 42.4 Å². The summed E-state index contributed by atoms with van der Waals surface area (Å²) in [6.07, 6.45) is 7.85. The van der Waals surface area contributed by atoms with Gasteiger partial charge < -0.3 is 9.29 Å². The number of benzene rings is 2. The van der Waals surface area contributed by atoms with Crippen LogP contribution < -0.4 is 4.18 Å². The van der Waals surface area contributed by atoms with Gasteiger partial charge in [-0.3, -0.25) is 4.55 Å². The number of phenols is 1. The SMILES string of the molecule is O=S(=O)(O)Oc1ccc2c3c1-c1cc(ccc1O)CCC=CC3CC2. The van der Waals surface area contributed by atoms with Crippen LogP contribution in [0.5, 0.6) is 11.5 Å². The smallest absolute Gasteiger partial charge is 0.446 e.